The van der Waals surface area contributed by atoms with Crippen molar-refractivity contribution in [1.82, 2.24) is 4.90 Å². The van der Waals surface area contributed by atoms with Crippen molar-refractivity contribution in [1.29, 1.82) is 0 Å². The summed E-state index contributed by atoms with van der Waals surface area (Å²) in [4.78, 5) is 15.0. The van der Waals surface area contributed by atoms with E-state index in [0.29, 0.717) is 30.2 Å². The smallest absolute Gasteiger partial charge is 0.257 e. The third-order valence-electron chi connectivity index (χ3n) is 5.18. The molecule has 0 saturated carbocycles. The van der Waals surface area contributed by atoms with Gasteiger partial charge in [-0.05, 0) is 49.6 Å². The first kappa shape index (κ1) is 21.0. The van der Waals surface area contributed by atoms with E-state index in [4.69, 9.17) is 14.2 Å². The van der Waals surface area contributed by atoms with Gasteiger partial charge in [0.05, 0.1) is 18.8 Å². The number of para-hydroxylation sites is 1. The molecular formula is C23H30N2O4. The summed E-state index contributed by atoms with van der Waals surface area (Å²) in [5, 5.41) is 3.51. The average Bonchev–Trinajstić information content (AvgIpc) is 2.75. The van der Waals surface area contributed by atoms with Gasteiger partial charge in [0.25, 0.3) is 5.91 Å². The van der Waals surface area contributed by atoms with Crippen molar-refractivity contribution in [2.75, 3.05) is 32.7 Å². The van der Waals surface area contributed by atoms with Crippen LogP contribution in [0.5, 0.6) is 11.5 Å². The molecule has 2 aromatic carbocycles. The molecule has 2 unspecified atom stereocenters. The molecule has 2 atom stereocenters. The Labute approximate surface area is 172 Å². The molecule has 0 radical (unpaired) electrons. The number of amides is 1. The Kier molecular flexibility index (Phi) is 6.99. The van der Waals surface area contributed by atoms with Gasteiger partial charge in [0, 0.05) is 25.9 Å². The van der Waals surface area contributed by atoms with Crippen LogP contribution in [0.4, 0.5) is 5.69 Å². The molecule has 1 aliphatic rings. The molecule has 156 valence electrons. The summed E-state index contributed by atoms with van der Waals surface area (Å²) < 4.78 is 16.7. The Bertz CT molecular complexity index is 839. The van der Waals surface area contributed by atoms with Gasteiger partial charge in [-0.25, -0.2) is 0 Å². The summed E-state index contributed by atoms with van der Waals surface area (Å²) in [5.41, 5.74) is 2.47. The number of nitrogens with one attached hydrogen (secondary N) is 1. The average molecular weight is 399 g/mol. The van der Waals surface area contributed by atoms with Crippen molar-refractivity contribution in [3.05, 3.63) is 53.6 Å². The number of nitrogens with zero attached hydrogens (tertiary/aromatic N) is 1. The van der Waals surface area contributed by atoms with Gasteiger partial charge >= 0.3 is 0 Å². The number of carbonyl (C=O) groups excluding carboxylic acids is 1. The Hall–Kier alpha value is -2.73. The molecule has 1 amide bonds. The Morgan fingerprint density at radius 1 is 1.14 bits per heavy atom. The second kappa shape index (κ2) is 9.65. The third-order valence-corrected chi connectivity index (χ3v) is 5.18. The molecular weight excluding hydrogens is 368 g/mol. The van der Waals surface area contributed by atoms with E-state index in [-0.39, 0.29) is 18.2 Å². The van der Waals surface area contributed by atoms with E-state index in [1.165, 1.54) is 0 Å². The van der Waals surface area contributed by atoms with Crippen LogP contribution in [0.1, 0.15) is 48.8 Å². The number of fused-ring (bicyclic) bond motifs is 1. The first-order chi connectivity index (χ1) is 14.1. The predicted molar refractivity (Wildman–Crippen MR) is 114 cm³/mol. The molecule has 0 saturated heterocycles. The molecule has 3 rings (SSSR count). The molecule has 0 bridgehead atoms. The van der Waals surface area contributed by atoms with E-state index in [2.05, 4.69) is 12.2 Å². The highest BCUT2D eigenvalue weighted by Crippen LogP contribution is 2.37. The zero-order valence-corrected chi connectivity index (χ0v) is 17.6. The van der Waals surface area contributed by atoms with Gasteiger partial charge in [-0.15, -0.1) is 0 Å². The Morgan fingerprint density at radius 3 is 2.66 bits per heavy atom. The highest BCUT2D eigenvalue weighted by molar-refractivity contribution is 6.01. The lowest BCUT2D eigenvalue weighted by atomic mass is 10.0. The summed E-state index contributed by atoms with van der Waals surface area (Å²) in [5.74, 6) is 1.38. The third kappa shape index (κ3) is 4.65. The van der Waals surface area contributed by atoms with Crippen LogP contribution in [-0.2, 0) is 4.74 Å². The standard InChI is InChI=1S/C23H30N2O4/c1-5-16(2)29-20-12-11-17(15-21(20)28-4)22-24-19-10-7-6-9-18(19)23(26)25(22)13-8-14-27-3/h6-7,9-12,15-16,22,24H,5,8,13-14H2,1-4H3. The first-order valence-corrected chi connectivity index (χ1v) is 10.1. The van der Waals surface area contributed by atoms with Gasteiger partial charge in [-0.3, -0.25) is 4.79 Å². The zero-order valence-electron chi connectivity index (χ0n) is 17.6. The summed E-state index contributed by atoms with van der Waals surface area (Å²) in [7, 11) is 3.30. The van der Waals surface area contributed by atoms with Crippen LogP contribution in [0.25, 0.3) is 0 Å². The minimum atomic E-state index is -0.291. The SMILES string of the molecule is CCC(C)Oc1ccc(C2Nc3ccccc3C(=O)N2CCCOC)cc1OC. The maximum Gasteiger partial charge on any atom is 0.257 e. The van der Waals surface area contributed by atoms with Crippen LogP contribution in [0.3, 0.4) is 0 Å². The monoisotopic (exact) mass is 398 g/mol. The minimum absolute atomic E-state index is 0.0133. The molecule has 6 nitrogen and oxygen atoms in total. The van der Waals surface area contributed by atoms with Crippen LogP contribution in [0.2, 0.25) is 0 Å². The lowest BCUT2D eigenvalue weighted by Gasteiger charge is -2.38. The fraction of sp³-hybridized carbons (Fsp3) is 0.435. The van der Waals surface area contributed by atoms with Crippen molar-refractivity contribution < 1.29 is 19.0 Å². The highest BCUT2D eigenvalue weighted by Gasteiger charge is 2.32. The molecule has 0 aliphatic carbocycles. The molecule has 1 N–H and O–H groups in total. The maximum absolute atomic E-state index is 13.2. The molecule has 0 spiro atoms. The topological polar surface area (TPSA) is 60.0 Å². The largest absolute Gasteiger partial charge is 0.493 e. The Morgan fingerprint density at radius 2 is 1.93 bits per heavy atom. The van der Waals surface area contributed by atoms with Crippen LogP contribution < -0.4 is 14.8 Å². The quantitative estimate of drug-likeness (QED) is 0.631. The van der Waals surface area contributed by atoms with Gasteiger partial charge < -0.3 is 24.4 Å². The van der Waals surface area contributed by atoms with E-state index in [9.17, 15) is 4.79 Å². The number of hydrogen-bond donors (Lipinski definition) is 1. The van der Waals surface area contributed by atoms with E-state index in [1.807, 2.05) is 54.3 Å². The van der Waals surface area contributed by atoms with E-state index < -0.39 is 0 Å². The van der Waals surface area contributed by atoms with Crippen LogP contribution in [-0.4, -0.2) is 44.3 Å². The highest BCUT2D eigenvalue weighted by atomic mass is 16.5. The van der Waals surface area contributed by atoms with Gasteiger partial charge in [0.15, 0.2) is 11.5 Å². The van der Waals surface area contributed by atoms with Crippen molar-refractivity contribution in [2.24, 2.45) is 0 Å². The summed E-state index contributed by atoms with van der Waals surface area (Å²) >= 11 is 0. The number of rotatable bonds is 9. The molecule has 1 aliphatic heterocycles. The number of anilines is 1. The van der Waals surface area contributed by atoms with Gasteiger partial charge in [-0.2, -0.15) is 0 Å². The lowest BCUT2D eigenvalue weighted by Crippen LogP contribution is -2.43. The maximum atomic E-state index is 13.2. The van der Waals surface area contributed by atoms with Crippen LogP contribution >= 0.6 is 0 Å². The fourth-order valence-electron chi connectivity index (χ4n) is 3.42. The number of ether oxygens (including phenoxy) is 3. The molecule has 0 fully saturated rings. The van der Waals surface area contributed by atoms with E-state index >= 15 is 0 Å². The van der Waals surface area contributed by atoms with Crippen molar-refractivity contribution in [2.45, 2.75) is 39.0 Å². The number of carbonyl (C=O) groups is 1. The number of benzene rings is 2. The molecule has 0 aromatic heterocycles. The van der Waals surface area contributed by atoms with Gasteiger partial charge in [-0.1, -0.05) is 25.1 Å². The Balaban J connectivity index is 1.94. The fourth-order valence-corrected chi connectivity index (χ4v) is 3.42. The van der Waals surface area contributed by atoms with Gasteiger partial charge in [0.1, 0.15) is 6.17 Å². The van der Waals surface area contributed by atoms with E-state index in [0.717, 1.165) is 24.1 Å². The van der Waals surface area contributed by atoms with Crippen molar-refractivity contribution in [3.63, 3.8) is 0 Å². The van der Waals surface area contributed by atoms with Crippen molar-refractivity contribution in [3.8, 4) is 11.5 Å². The van der Waals surface area contributed by atoms with Crippen LogP contribution in [0, 0.1) is 0 Å². The van der Waals surface area contributed by atoms with Crippen molar-refractivity contribution >= 4 is 11.6 Å². The predicted octanol–water partition coefficient (Wildman–Crippen LogP) is 4.48. The minimum Gasteiger partial charge on any atom is -0.493 e. The number of hydrogen-bond acceptors (Lipinski definition) is 5. The second-order valence-corrected chi connectivity index (χ2v) is 7.18. The zero-order chi connectivity index (χ0) is 20.8. The molecule has 29 heavy (non-hydrogen) atoms. The lowest BCUT2D eigenvalue weighted by molar-refractivity contribution is 0.0660. The normalized spacial score (nSPS) is 16.8. The molecule has 2 aromatic rings. The number of methoxy groups -OCH3 is 2. The van der Waals surface area contributed by atoms with Crippen LogP contribution in [0.15, 0.2) is 42.5 Å². The second-order valence-electron chi connectivity index (χ2n) is 7.18. The molecule has 6 heteroatoms. The summed E-state index contributed by atoms with van der Waals surface area (Å²) in [6.45, 7) is 5.30. The molecule has 1 heterocycles. The summed E-state index contributed by atoms with van der Waals surface area (Å²) in [6.07, 6.45) is 1.48. The summed E-state index contributed by atoms with van der Waals surface area (Å²) in [6, 6.07) is 13.5. The van der Waals surface area contributed by atoms with E-state index in [1.54, 1.807) is 14.2 Å². The van der Waals surface area contributed by atoms with Gasteiger partial charge in [0.2, 0.25) is 0 Å². The first-order valence-electron chi connectivity index (χ1n) is 10.1.